The molecule has 4 aromatic rings. The fourth-order valence-electron chi connectivity index (χ4n) is 4.29. The molecule has 0 fully saturated rings. The number of hydrogen-bond donors (Lipinski definition) is 2. The van der Waals surface area contributed by atoms with Crippen LogP contribution in [0.2, 0.25) is 0 Å². The summed E-state index contributed by atoms with van der Waals surface area (Å²) < 4.78 is 6.02. The lowest BCUT2D eigenvalue weighted by atomic mass is 9.99. The number of rotatable bonds is 6. The van der Waals surface area contributed by atoms with Gasteiger partial charge < -0.3 is 9.84 Å². The van der Waals surface area contributed by atoms with E-state index in [0.29, 0.717) is 13.0 Å². The van der Waals surface area contributed by atoms with Gasteiger partial charge in [0.15, 0.2) is 0 Å². The SMILES string of the molecule is O[C@H](Cc1ccccc1)c1ccc2c(c1)CN(Cc1cn[nH]c1-c1ccccc1)CCO2. The number of aliphatic hydroxyl groups excluding tert-OH is 1. The molecule has 1 aliphatic heterocycles. The van der Waals surface area contributed by atoms with Crippen LogP contribution in [0.25, 0.3) is 11.3 Å². The highest BCUT2D eigenvalue weighted by atomic mass is 16.5. The van der Waals surface area contributed by atoms with E-state index in [4.69, 9.17) is 4.74 Å². The van der Waals surface area contributed by atoms with Crippen molar-refractivity contribution in [2.24, 2.45) is 0 Å². The highest BCUT2D eigenvalue weighted by Crippen LogP contribution is 2.30. The summed E-state index contributed by atoms with van der Waals surface area (Å²) in [5, 5.41) is 18.3. The second-order valence-corrected chi connectivity index (χ2v) is 8.27. The summed E-state index contributed by atoms with van der Waals surface area (Å²) in [7, 11) is 0. The molecule has 0 spiro atoms. The molecule has 5 heteroatoms. The Hall–Kier alpha value is -3.41. The van der Waals surface area contributed by atoms with E-state index >= 15 is 0 Å². The van der Waals surface area contributed by atoms with Crippen LogP contribution in [0.1, 0.15) is 28.4 Å². The molecule has 3 aromatic carbocycles. The maximum Gasteiger partial charge on any atom is 0.123 e. The number of aliphatic hydroxyl groups is 1. The summed E-state index contributed by atoms with van der Waals surface area (Å²) in [5.41, 5.74) is 6.52. The topological polar surface area (TPSA) is 61.4 Å². The third-order valence-corrected chi connectivity index (χ3v) is 5.97. The number of ether oxygens (including phenoxy) is 1. The largest absolute Gasteiger partial charge is 0.492 e. The molecule has 0 bridgehead atoms. The lowest BCUT2D eigenvalue weighted by Crippen LogP contribution is -2.25. The third-order valence-electron chi connectivity index (χ3n) is 5.97. The van der Waals surface area contributed by atoms with Crippen LogP contribution in [0, 0.1) is 0 Å². The van der Waals surface area contributed by atoms with Gasteiger partial charge in [-0.2, -0.15) is 5.10 Å². The van der Waals surface area contributed by atoms with Gasteiger partial charge in [0.05, 0.1) is 18.0 Å². The van der Waals surface area contributed by atoms with Crippen molar-refractivity contribution in [3.8, 4) is 17.0 Å². The lowest BCUT2D eigenvalue weighted by molar-refractivity contribution is 0.178. The quantitative estimate of drug-likeness (QED) is 0.468. The van der Waals surface area contributed by atoms with Gasteiger partial charge in [0.2, 0.25) is 0 Å². The number of benzene rings is 3. The first-order valence-corrected chi connectivity index (χ1v) is 11.0. The molecule has 2 N–H and O–H groups in total. The first kappa shape index (κ1) is 20.5. The zero-order chi connectivity index (χ0) is 21.8. The number of fused-ring (bicyclic) bond motifs is 1. The van der Waals surface area contributed by atoms with Crippen molar-refractivity contribution in [3.63, 3.8) is 0 Å². The average molecular weight is 426 g/mol. The second-order valence-electron chi connectivity index (χ2n) is 8.27. The van der Waals surface area contributed by atoms with Gasteiger partial charge in [-0.25, -0.2) is 0 Å². The minimum Gasteiger partial charge on any atom is -0.492 e. The Morgan fingerprint density at radius 2 is 1.78 bits per heavy atom. The van der Waals surface area contributed by atoms with Crippen LogP contribution >= 0.6 is 0 Å². The average Bonchev–Trinajstić information content (AvgIpc) is 3.19. The molecule has 0 saturated carbocycles. The molecular formula is C27H27N3O2. The van der Waals surface area contributed by atoms with E-state index in [1.165, 1.54) is 5.56 Å². The maximum absolute atomic E-state index is 10.8. The number of hydrogen-bond acceptors (Lipinski definition) is 4. The third kappa shape index (κ3) is 4.59. The zero-order valence-corrected chi connectivity index (χ0v) is 17.9. The predicted molar refractivity (Wildman–Crippen MR) is 125 cm³/mol. The fraction of sp³-hybridized carbons (Fsp3) is 0.222. The van der Waals surface area contributed by atoms with Gasteiger partial charge in [-0.05, 0) is 28.8 Å². The van der Waals surface area contributed by atoms with E-state index in [0.717, 1.165) is 53.3 Å². The molecule has 1 aliphatic rings. The van der Waals surface area contributed by atoms with Crippen LogP contribution in [0.4, 0.5) is 0 Å². The molecule has 5 rings (SSSR count). The van der Waals surface area contributed by atoms with Crippen LogP contribution in [-0.4, -0.2) is 33.4 Å². The van der Waals surface area contributed by atoms with Gasteiger partial charge in [0.1, 0.15) is 12.4 Å². The summed E-state index contributed by atoms with van der Waals surface area (Å²) in [6.45, 7) is 3.01. The van der Waals surface area contributed by atoms with Gasteiger partial charge in [-0.3, -0.25) is 10.00 Å². The van der Waals surface area contributed by atoms with Crippen LogP contribution in [-0.2, 0) is 19.5 Å². The monoisotopic (exact) mass is 425 g/mol. The summed E-state index contributed by atoms with van der Waals surface area (Å²) in [4.78, 5) is 2.37. The normalized spacial score (nSPS) is 14.9. The highest BCUT2D eigenvalue weighted by molar-refractivity contribution is 5.62. The van der Waals surface area contributed by atoms with Gasteiger partial charge in [0.25, 0.3) is 0 Å². The van der Waals surface area contributed by atoms with E-state index in [1.54, 1.807) is 0 Å². The van der Waals surface area contributed by atoms with Crippen molar-refractivity contribution >= 4 is 0 Å². The van der Waals surface area contributed by atoms with Crippen LogP contribution < -0.4 is 4.74 Å². The second kappa shape index (κ2) is 9.39. The molecule has 0 saturated heterocycles. The Kier molecular flexibility index (Phi) is 6.01. The number of nitrogens with zero attached hydrogens (tertiary/aromatic N) is 2. The maximum atomic E-state index is 10.8. The Morgan fingerprint density at radius 1 is 1.00 bits per heavy atom. The van der Waals surface area contributed by atoms with E-state index < -0.39 is 6.10 Å². The van der Waals surface area contributed by atoms with E-state index in [-0.39, 0.29) is 0 Å². The molecular weight excluding hydrogens is 398 g/mol. The molecule has 5 nitrogen and oxygen atoms in total. The summed E-state index contributed by atoms with van der Waals surface area (Å²) >= 11 is 0. The molecule has 1 atom stereocenters. The minimum absolute atomic E-state index is 0.544. The Balaban J connectivity index is 1.33. The Morgan fingerprint density at radius 3 is 2.59 bits per heavy atom. The fourth-order valence-corrected chi connectivity index (χ4v) is 4.29. The highest BCUT2D eigenvalue weighted by Gasteiger charge is 2.20. The van der Waals surface area contributed by atoms with Crippen molar-refractivity contribution in [2.45, 2.75) is 25.6 Å². The van der Waals surface area contributed by atoms with Crippen LogP contribution in [0.15, 0.2) is 85.1 Å². The van der Waals surface area contributed by atoms with Gasteiger partial charge in [-0.1, -0.05) is 66.7 Å². The molecule has 0 amide bonds. The van der Waals surface area contributed by atoms with Crippen molar-refractivity contribution in [1.29, 1.82) is 0 Å². The number of H-pyrrole nitrogens is 1. The number of aromatic nitrogens is 2. The first-order valence-electron chi connectivity index (χ1n) is 11.0. The summed E-state index contributed by atoms with van der Waals surface area (Å²) in [6, 6.07) is 26.5. The molecule has 1 aromatic heterocycles. The van der Waals surface area contributed by atoms with E-state index in [1.807, 2.05) is 66.9 Å². The van der Waals surface area contributed by atoms with Gasteiger partial charge >= 0.3 is 0 Å². The Bertz CT molecular complexity index is 1160. The van der Waals surface area contributed by atoms with Crippen molar-refractivity contribution in [3.05, 3.63) is 107 Å². The predicted octanol–water partition coefficient (Wildman–Crippen LogP) is 4.75. The van der Waals surface area contributed by atoms with Crippen molar-refractivity contribution in [2.75, 3.05) is 13.2 Å². The summed E-state index contributed by atoms with van der Waals surface area (Å²) in [5.74, 6) is 0.902. The summed E-state index contributed by atoms with van der Waals surface area (Å²) in [6.07, 6.45) is 1.97. The standard InChI is InChI=1S/C27H27N3O2/c31-25(15-20-7-3-1-4-8-20)22-11-12-26-23(16-22)18-30(13-14-32-26)19-24-17-28-29-27(24)21-9-5-2-6-10-21/h1-12,16-17,25,31H,13-15,18-19H2,(H,28,29)/t25-/m1/s1. The van der Waals surface area contributed by atoms with Crippen molar-refractivity contribution < 1.29 is 9.84 Å². The molecule has 0 aliphatic carbocycles. The molecule has 0 unspecified atom stereocenters. The molecule has 2 heterocycles. The molecule has 162 valence electrons. The zero-order valence-electron chi connectivity index (χ0n) is 17.9. The Labute approximate surface area is 188 Å². The first-order chi connectivity index (χ1) is 15.8. The number of aromatic amines is 1. The van der Waals surface area contributed by atoms with Crippen LogP contribution in [0.5, 0.6) is 5.75 Å². The lowest BCUT2D eigenvalue weighted by Gasteiger charge is -2.20. The van der Waals surface area contributed by atoms with E-state index in [2.05, 4.69) is 33.3 Å². The van der Waals surface area contributed by atoms with Crippen LogP contribution in [0.3, 0.4) is 0 Å². The van der Waals surface area contributed by atoms with Crippen molar-refractivity contribution in [1.82, 2.24) is 15.1 Å². The van der Waals surface area contributed by atoms with E-state index in [9.17, 15) is 5.11 Å². The smallest absolute Gasteiger partial charge is 0.123 e. The van der Waals surface area contributed by atoms with Gasteiger partial charge in [-0.15, -0.1) is 0 Å². The molecule has 0 radical (unpaired) electrons. The minimum atomic E-state index is -0.544. The number of nitrogens with one attached hydrogen (secondary N) is 1. The molecule has 32 heavy (non-hydrogen) atoms. The van der Waals surface area contributed by atoms with Gasteiger partial charge in [0, 0.05) is 37.2 Å².